The van der Waals surface area contributed by atoms with E-state index in [1.165, 1.54) is 0 Å². The van der Waals surface area contributed by atoms with Crippen molar-refractivity contribution in [1.82, 2.24) is 30.5 Å². The van der Waals surface area contributed by atoms with E-state index in [0.717, 1.165) is 43.0 Å². The van der Waals surface area contributed by atoms with Crippen LogP contribution in [0.3, 0.4) is 0 Å². The number of hydrogen-bond acceptors (Lipinski definition) is 7. The Morgan fingerprint density at radius 1 is 1.15 bits per heavy atom. The SMILES string of the molecule is CCC1CN(c2cc(Nc3cc(C)[nH]n3)nc(Oc3ccc4[nH]c(C)cc4c3F)n2)CCN1. The standard InChI is InChI=1S/C23H27FN8O/c1-4-15-12-32(8-7-25-15)21-11-19(27-20-10-14(3)30-31-20)28-23(29-21)33-18-6-5-17-16(22(18)24)9-13(2)26-17/h5-6,9-11,15,25-26H,4,7-8,12H2,1-3H3,(H2,27,28,29,30,31). The van der Waals surface area contributed by atoms with Crippen LogP contribution in [0.4, 0.5) is 21.8 Å². The van der Waals surface area contributed by atoms with Crippen LogP contribution in [0.15, 0.2) is 30.3 Å². The van der Waals surface area contributed by atoms with Crippen LogP contribution in [0.25, 0.3) is 10.9 Å². The van der Waals surface area contributed by atoms with E-state index >= 15 is 4.39 Å². The van der Waals surface area contributed by atoms with Gasteiger partial charge in [-0.05, 0) is 38.5 Å². The van der Waals surface area contributed by atoms with Gasteiger partial charge in [-0.1, -0.05) is 6.92 Å². The molecule has 4 aromatic rings. The van der Waals surface area contributed by atoms with Crippen LogP contribution in [-0.4, -0.2) is 50.8 Å². The number of hydrogen-bond donors (Lipinski definition) is 4. The minimum absolute atomic E-state index is 0.0688. The molecule has 1 saturated heterocycles. The number of nitrogens with one attached hydrogen (secondary N) is 4. The number of aryl methyl sites for hydroxylation is 2. The summed E-state index contributed by atoms with van der Waals surface area (Å²) in [5.41, 5.74) is 2.52. The van der Waals surface area contributed by atoms with Crippen molar-refractivity contribution in [3.63, 3.8) is 0 Å². The second kappa shape index (κ2) is 8.70. The van der Waals surface area contributed by atoms with Gasteiger partial charge in [-0.15, -0.1) is 0 Å². The van der Waals surface area contributed by atoms with Crippen molar-refractivity contribution in [3.05, 3.63) is 47.5 Å². The molecule has 0 amide bonds. The lowest BCUT2D eigenvalue weighted by molar-refractivity contribution is 0.410. The molecule has 1 aliphatic heterocycles. The number of benzene rings is 1. The molecule has 4 N–H and O–H groups in total. The van der Waals surface area contributed by atoms with Crippen LogP contribution in [0.1, 0.15) is 24.7 Å². The molecule has 10 heteroatoms. The number of ether oxygens (including phenoxy) is 1. The molecule has 172 valence electrons. The first kappa shape index (κ1) is 21.2. The van der Waals surface area contributed by atoms with Gasteiger partial charge >= 0.3 is 6.01 Å². The average molecular weight is 451 g/mol. The van der Waals surface area contributed by atoms with Crippen molar-refractivity contribution in [2.45, 2.75) is 33.2 Å². The van der Waals surface area contributed by atoms with Crippen LogP contribution in [0, 0.1) is 19.7 Å². The first-order chi connectivity index (χ1) is 16.0. The molecule has 4 heterocycles. The highest BCUT2D eigenvalue weighted by Crippen LogP contribution is 2.31. The smallest absolute Gasteiger partial charge is 0.326 e. The van der Waals surface area contributed by atoms with E-state index < -0.39 is 5.82 Å². The molecular weight excluding hydrogens is 423 g/mol. The van der Waals surface area contributed by atoms with Crippen molar-refractivity contribution in [2.24, 2.45) is 0 Å². The molecule has 5 rings (SSSR count). The summed E-state index contributed by atoms with van der Waals surface area (Å²) in [4.78, 5) is 14.4. The molecule has 0 bridgehead atoms. The molecule has 0 aliphatic carbocycles. The van der Waals surface area contributed by atoms with Crippen molar-refractivity contribution in [1.29, 1.82) is 0 Å². The minimum Gasteiger partial charge on any atom is -0.421 e. The molecule has 3 aromatic heterocycles. The summed E-state index contributed by atoms with van der Waals surface area (Å²) in [6.45, 7) is 8.44. The molecule has 0 spiro atoms. The number of rotatable bonds is 6. The van der Waals surface area contributed by atoms with E-state index in [1.54, 1.807) is 18.2 Å². The Morgan fingerprint density at radius 3 is 2.82 bits per heavy atom. The first-order valence-corrected chi connectivity index (χ1v) is 11.1. The highest BCUT2D eigenvalue weighted by atomic mass is 19.1. The number of fused-ring (bicyclic) bond motifs is 1. The maximum Gasteiger partial charge on any atom is 0.326 e. The summed E-state index contributed by atoms with van der Waals surface area (Å²) in [5, 5.41) is 14.3. The summed E-state index contributed by atoms with van der Waals surface area (Å²) in [7, 11) is 0. The molecule has 0 radical (unpaired) electrons. The zero-order chi connectivity index (χ0) is 22.9. The van der Waals surface area contributed by atoms with Gasteiger partial charge in [-0.2, -0.15) is 15.1 Å². The molecule has 1 fully saturated rings. The van der Waals surface area contributed by atoms with E-state index in [1.807, 2.05) is 26.0 Å². The molecular formula is C23H27FN8O. The maximum absolute atomic E-state index is 15.1. The zero-order valence-electron chi connectivity index (χ0n) is 18.9. The fraction of sp³-hybridized carbons (Fsp3) is 0.348. The second-order valence-corrected chi connectivity index (χ2v) is 8.35. The van der Waals surface area contributed by atoms with Gasteiger partial charge in [0.15, 0.2) is 17.4 Å². The van der Waals surface area contributed by atoms with Gasteiger partial charge in [-0.25, -0.2) is 4.39 Å². The number of nitrogens with zero attached hydrogens (tertiary/aromatic N) is 4. The van der Waals surface area contributed by atoms with Crippen LogP contribution < -0.4 is 20.3 Å². The number of aromatic nitrogens is 5. The van der Waals surface area contributed by atoms with Crippen molar-refractivity contribution >= 4 is 28.4 Å². The lowest BCUT2D eigenvalue weighted by Gasteiger charge is -2.34. The zero-order valence-corrected chi connectivity index (χ0v) is 18.9. The van der Waals surface area contributed by atoms with Crippen LogP contribution in [-0.2, 0) is 0 Å². The predicted octanol–water partition coefficient (Wildman–Crippen LogP) is 4.16. The largest absolute Gasteiger partial charge is 0.421 e. The Morgan fingerprint density at radius 2 is 2.03 bits per heavy atom. The fourth-order valence-electron chi connectivity index (χ4n) is 4.07. The van der Waals surface area contributed by atoms with Crippen LogP contribution >= 0.6 is 0 Å². The van der Waals surface area contributed by atoms with Gasteiger partial charge in [0.1, 0.15) is 11.6 Å². The van der Waals surface area contributed by atoms with E-state index in [2.05, 4.69) is 47.6 Å². The number of halogens is 1. The maximum atomic E-state index is 15.1. The fourth-order valence-corrected chi connectivity index (χ4v) is 4.07. The average Bonchev–Trinajstić information content (AvgIpc) is 3.40. The van der Waals surface area contributed by atoms with Crippen molar-refractivity contribution < 1.29 is 9.13 Å². The third-order valence-corrected chi connectivity index (χ3v) is 5.76. The number of aromatic amines is 2. The Bertz CT molecular complexity index is 1280. The summed E-state index contributed by atoms with van der Waals surface area (Å²) >= 11 is 0. The Balaban J connectivity index is 1.50. The van der Waals surface area contributed by atoms with Gasteiger partial charge in [0.2, 0.25) is 0 Å². The normalized spacial score (nSPS) is 16.4. The molecule has 1 unspecified atom stereocenters. The molecule has 0 saturated carbocycles. The molecule has 9 nitrogen and oxygen atoms in total. The van der Waals surface area contributed by atoms with Crippen LogP contribution in [0.5, 0.6) is 11.8 Å². The Labute approximate surface area is 190 Å². The van der Waals surface area contributed by atoms with E-state index in [-0.39, 0.29) is 11.8 Å². The van der Waals surface area contributed by atoms with E-state index in [4.69, 9.17) is 4.74 Å². The van der Waals surface area contributed by atoms with E-state index in [9.17, 15) is 0 Å². The summed E-state index contributed by atoms with van der Waals surface area (Å²) in [6, 6.07) is 9.32. The third kappa shape index (κ3) is 4.47. The van der Waals surface area contributed by atoms with Crippen LogP contribution in [0.2, 0.25) is 0 Å². The van der Waals surface area contributed by atoms with Crippen molar-refractivity contribution in [3.8, 4) is 11.8 Å². The topological polar surface area (TPSA) is 107 Å². The third-order valence-electron chi connectivity index (χ3n) is 5.76. The summed E-state index contributed by atoms with van der Waals surface area (Å²) < 4.78 is 21.0. The summed E-state index contributed by atoms with van der Waals surface area (Å²) in [5.74, 6) is 1.49. The van der Waals surface area contributed by atoms with Gasteiger partial charge in [-0.3, -0.25) is 5.10 Å². The highest BCUT2D eigenvalue weighted by Gasteiger charge is 2.21. The Kier molecular flexibility index (Phi) is 5.59. The van der Waals surface area contributed by atoms with Gasteiger partial charge < -0.3 is 25.3 Å². The quantitative estimate of drug-likeness (QED) is 0.349. The van der Waals surface area contributed by atoms with Gasteiger partial charge in [0, 0.05) is 60.1 Å². The minimum atomic E-state index is -0.448. The number of anilines is 3. The number of H-pyrrole nitrogens is 2. The van der Waals surface area contributed by atoms with Gasteiger partial charge in [0.25, 0.3) is 0 Å². The first-order valence-electron chi connectivity index (χ1n) is 11.1. The van der Waals surface area contributed by atoms with Gasteiger partial charge in [0.05, 0.1) is 0 Å². The second-order valence-electron chi connectivity index (χ2n) is 8.35. The lowest BCUT2D eigenvalue weighted by atomic mass is 10.1. The predicted molar refractivity (Wildman–Crippen MR) is 126 cm³/mol. The molecule has 1 atom stereocenters. The lowest BCUT2D eigenvalue weighted by Crippen LogP contribution is -2.50. The molecule has 33 heavy (non-hydrogen) atoms. The highest BCUT2D eigenvalue weighted by molar-refractivity contribution is 5.82. The molecule has 1 aliphatic rings. The Hall–Kier alpha value is -3.66. The van der Waals surface area contributed by atoms with Crippen molar-refractivity contribution in [2.75, 3.05) is 29.9 Å². The van der Waals surface area contributed by atoms with E-state index in [0.29, 0.717) is 28.9 Å². The molecule has 1 aromatic carbocycles. The number of piperazine rings is 1. The summed E-state index contributed by atoms with van der Waals surface area (Å²) in [6.07, 6.45) is 1.02. The monoisotopic (exact) mass is 450 g/mol.